The Morgan fingerprint density at radius 2 is 1.82 bits per heavy atom. The fourth-order valence-corrected chi connectivity index (χ4v) is 3.23. The summed E-state index contributed by atoms with van der Waals surface area (Å²) in [7, 11) is 0. The van der Waals surface area contributed by atoms with Crippen LogP contribution >= 0.6 is 27.3 Å². The van der Waals surface area contributed by atoms with Gasteiger partial charge < -0.3 is 5.32 Å². The van der Waals surface area contributed by atoms with E-state index >= 15 is 0 Å². The number of thiazole rings is 1. The van der Waals surface area contributed by atoms with Crippen LogP contribution in [0.1, 0.15) is 5.69 Å². The number of nitrogens with one attached hydrogen (secondary N) is 1. The molecule has 0 aliphatic rings. The molecule has 3 nitrogen and oxygen atoms in total. The molecule has 3 rings (SSSR count). The maximum atomic E-state index is 12.1. The maximum absolute atomic E-state index is 12.1. The molecule has 0 saturated heterocycles. The fraction of sp³-hybridized carbons (Fsp3) is 0.0588. The first-order chi connectivity index (χ1) is 10.7. The number of anilines is 1. The lowest BCUT2D eigenvalue weighted by molar-refractivity contribution is -0.115. The molecule has 0 aliphatic carbocycles. The van der Waals surface area contributed by atoms with E-state index < -0.39 is 0 Å². The van der Waals surface area contributed by atoms with Gasteiger partial charge in [-0.3, -0.25) is 4.79 Å². The predicted molar refractivity (Wildman–Crippen MR) is 94.0 cm³/mol. The smallest absolute Gasteiger partial charge is 0.230 e. The minimum absolute atomic E-state index is 0.0724. The van der Waals surface area contributed by atoms with E-state index in [2.05, 4.69) is 26.2 Å². The summed E-state index contributed by atoms with van der Waals surface area (Å²) in [6, 6.07) is 17.5. The van der Waals surface area contributed by atoms with Gasteiger partial charge in [0.05, 0.1) is 17.8 Å². The number of carbonyl (C=O) groups excluding carboxylic acids is 1. The molecular formula is C17H13BrN2OS. The lowest BCUT2D eigenvalue weighted by atomic mass is 10.2. The summed E-state index contributed by atoms with van der Waals surface area (Å²) in [5, 5.41) is 5.75. The van der Waals surface area contributed by atoms with Crippen LogP contribution in [0, 0.1) is 0 Å². The van der Waals surface area contributed by atoms with Crippen molar-refractivity contribution < 1.29 is 4.79 Å². The Labute approximate surface area is 141 Å². The molecule has 2 aromatic carbocycles. The monoisotopic (exact) mass is 372 g/mol. The summed E-state index contributed by atoms with van der Waals surface area (Å²) in [6.45, 7) is 0. The van der Waals surface area contributed by atoms with Crippen LogP contribution in [0.4, 0.5) is 5.69 Å². The van der Waals surface area contributed by atoms with Crippen molar-refractivity contribution in [3.8, 4) is 10.6 Å². The van der Waals surface area contributed by atoms with Gasteiger partial charge in [-0.1, -0.05) is 42.5 Å². The number of aromatic nitrogens is 1. The van der Waals surface area contributed by atoms with Crippen molar-refractivity contribution in [2.24, 2.45) is 0 Å². The van der Waals surface area contributed by atoms with E-state index in [0.717, 1.165) is 26.4 Å². The van der Waals surface area contributed by atoms with E-state index in [4.69, 9.17) is 0 Å². The van der Waals surface area contributed by atoms with Crippen LogP contribution in [-0.2, 0) is 11.2 Å². The highest BCUT2D eigenvalue weighted by Crippen LogP contribution is 2.24. The van der Waals surface area contributed by atoms with Gasteiger partial charge in [-0.15, -0.1) is 11.3 Å². The standard InChI is InChI=1S/C17H13BrN2OS/c18-14-8-4-5-9-15(14)20-16(21)10-13-11-22-17(19-13)12-6-2-1-3-7-12/h1-9,11H,10H2,(H,20,21). The van der Waals surface area contributed by atoms with Crippen LogP contribution in [-0.4, -0.2) is 10.9 Å². The summed E-state index contributed by atoms with van der Waals surface area (Å²) in [5.41, 5.74) is 2.63. The van der Waals surface area contributed by atoms with E-state index in [1.54, 1.807) is 11.3 Å². The quantitative estimate of drug-likeness (QED) is 0.717. The van der Waals surface area contributed by atoms with Crippen molar-refractivity contribution in [1.29, 1.82) is 0 Å². The van der Waals surface area contributed by atoms with E-state index in [-0.39, 0.29) is 12.3 Å². The molecule has 0 atom stereocenters. The summed E-state index contributed by atoms with van der Waals surface area (Å²) >= 11 is 4.97. The van der Waals surface area contributed by atoms with Gasteiger partial charge in [0.2, 0.25) is 5.91 Å². The molecule has 110 valence electrons. The molecule has 1 N–H and O–H groups in total. The molecule has 0 radical (unpaired) electrons. The summed E-state index contributed by atoms with van der Waals surface area (Å²) < 4.78 is 0.867. The van der Waals surface area contributed by atoms with Crippen LogP contribution in [0.5, 0.6) is 0 Å². The van der Waals surface area contributed by atoms with Gasteiger partial charge in [0.25, 0.3) is 0 Å². The Morgan fingerprint density at radius 3 is 2.59 bits per heavy atom. The third kappa shape index (κ3) is 3.61. The average molecular weight is 373 g/mol. The Hall–Kier alpha value is -1.98. The normalized spacial score (nSPS) is 10.4. The Kier molecular flexibility index (Phi) is 4.65. The molecule has 1 amide bonds. The van der Waals surface area contributed by atoms with Crippen molar-refractivity contribution in [2.45, 2.75) is 6.42 Å². The van der Waals surface area contributed by atoms with Crippen molar-refractivity contribution in [1.82, 2.24) is 4.98 Å². The highest BCUT2D eigenvalue weighted by Gasteiger charge is 2.10. The Balaban J connectivity index is 1.68. The molecule has 0 fully saturated rings. The summed E-state index contributed by atoms with van der Waals surface area (Å²) in [6.07, 6.45) is 0.269. The molecule has 5 heteroatoms. The SMILES string of the molecule is O=C(Cc1csc(-c2ccccc2)n1)Nc1ccccc1Br. The molecule has 22 heavy (non-hydrogen) atoms. The van der Waals surface area contributed by atoms with E-state index in [9.17, 15) is 4.79 Å². The van der Waals surface area contributed by atoms with Gasteiger partial charge in [-0.05, 0) is 28.1 Å². The van der Waals surface area contributed by atoms with Crippen molar-refractivity contribution >= 4 is 38.9 Å². The molecular weight excluding hydrogens is 360 g/mol. The van der Waals surface area contributed by atoms with Crippen LogP contribution < -0.4 is 5.32 Å². The topological polar surface area (TPSA) is 42.0 Å². The maximum Gasteiger partial charge on any atom is 0.230 e. The van der Waals surface area contributed by atoms with Crippen LogP contribution in [0.3, 0.4) is 0 Å². The molecule has 0 saturated carbocycles. The second-order valence-corrected chi connectivity index (χ2v) is 6.43. The van der Waals surface area contributed by atoms with Gasteiger partial charge in [-0.2, -0.15) is 0 Å². The third-order valence-electron chi connectivity index (χ3n) is 3.06. The number of nitrogens with zero attached hydrogens (tertiary/aromatic N) is 1. The first-order valence-corrected chi connectivity index (χ1v) is 8.44. The molecule has 3 aromatic rings. The van der Waals surface area contributed by atoms with E-state index in [1.165, 1.54) is 0 Å². The first-order valence-electron chi connectivity index (χ1n) is 6.76. The van der Waals surface area contributed by atoms with Crippen molar-refractivity contribution in [3.63, 3.8) is 0 Å². The van der Waals surface area contributed by atoms with Crippen LogP contribution in [0.2, 0.25) is 0 Å². The lowest BCUT2D eigenvalue weighted by Crippen LogP contribution is -2.14. The highest BCUT2D eigenvalue weighted by molar-refractivity contribution is 9.10. The molecule has 1 aromatic heterocycles. The summed E-state index contributed by atoms with van der Waals surface area (Å²) in [4.78, 5) is 16.6. The number of halogens is 1. The number of amides is 1. The zero-order valence-corrected chi connectivity index (χ0v) is 14.0. The largest absolute Gasteiger partial charge is 0.325 e. The van der Waals surface area contributed by atoms with Crippen molar-refractivity contribution in [3.05, 3.63) is 70.1 Å². The van der Waals surface area contributed by atoms with Gasteiger partial charge >= 0.3 is 0 Å². The van der Waals surface area contributed by atoms with Gasteiger partial charge in [0, 0.05) is 15.4 Å². The number of para-hydroxylation sites is 1. The van der Waals surface area contributed by atoms with Gasteiger partial charge in [-0.25, -0.2) is 4.98 Å². The zero-order valence-electron chi connectivity index (χ0n) is 11.6. The third-order valence-corrected chi connectivity index (χ3v) is 4.69. The minimum Gasteiger partial charge on any atom is -0.325 e. The first kappa shape index (κ1) is 14.9. The second kappa shape index (κ2) is 6.85. The molecule has 0 unspecified atom stereocenters. The van der Waals surface area contributed by atoms with Crippen LogP contribution in [0.15, 0.2) is 64.5 Å². The van der Waals surface area contributed by atoms with E-state index in [1.807, 2.05) is 60.0 Å². The number of benzene rings is 2. The molecule has 0 aliphatic heterocycles. The number of hydrogen-bond acceptors (Lipinski definition) is 3. The fourth-order valence-electron chi connectivity index (χ4n) is 2.02. The molecule has 0 spiro atoms. The Bertz CT molecular complexity index is 786. The summed E-state index contributed by atoms with van der Waals surface area (Å²) in [5.74, 6) is -0.0724. The average Bonchev–Trinajstić information content (AvgIpc) is 2.99. The minimum atomic E-state index is -0.0724. The number of rotatable bonds is 4. The molecule has 0 bridgehead atoms. The Morgan fingerprint density at radius 1 is 1.09 bits per heavy atom. The lowest BCUT2D eigenvalue weighted by Gasteiger charge is -2.05. The highest BCUT2D eigenvalue weighted by atomic mass is 79.9. The zero-order chi connectivity index (χ0) is 15.4. The second-order valence-electron chi connectivity index (χ2n) is 4.71. The number of hydrogen-bond donors (Lipinski definition) is 1. The van der Waals surface area contributed by atoms with E-state index in [0.29, 0.717) is 0 Å². The van der Waals surface area contributed by atoms with Gasteiger partial charge in [0.1, 0.15) is 5.01 Å². The predicted octanol–water partition coefficient (Wildman–Crippen LogP) is 4.75. The van der Waals surface area contributed by atoms with Crippen molar-refractivity contribution in [2.75, 3.05) is 5.32 Å². The number of carbonyl (C=O) groups is 1. The molecule has 1 heterocycles. The van der Waals surface area contributed by atoms with Gasteiger partial charge in [0.15, 0.2) is 0 Å². The van der Waals surface area contributed by atoms with Crippen LogP contribution in [0.25, 0.3) is 10.6 Å².